The summed E-state index contributed by atoms with van der Waals surface area (Å²) in [7, 11) is 3.51. The molecule has 3 rings (SSSR count). The number of aromatic nitrogens is 2. The number of hydrogen-bond donors (Lipinski definition) is 1. The molecule has 1 fully saturated rings. The topological polar surface area (TPSA) is 50.3 Å². The average molecular weight is 290 g/mol. The van der Waals surface area contributed by atoms with Gasteiger partial charge in [0.15, 0.2) is 11.6 Å². The van der Waals surface area contributed by atoms with Crippen molar-refractivity contribution >= 4 is 23.0 Å². The average Bonchev–Trinajstić information content (AvgIpc) is 3.20. The van der Waals surface area contributed by atoms with E-state index in [1.165, 1.54) is 18.4 Å². The normalized spacial score (nSPS) is 14.1. The molecule has 106 valence electrons. The molecular weight excluding hydrogens is 272 g/mol. The molecule has 5 nitrogen and oxygen atoms in total. The Labute approximate surface area is 122 Å². The maximum Gasteiger partial charge on any atom is 0.204 e. The summed E-state index contributed by atoms with van der Waals surface area (Å²) in [6.45, 7) is 0.866. The van der Waals surface area contributed by atoms with E-state index in [2.05, 4.69) is 37.0 Å². The monoisotopic (exact) mass is 290 g/mol. The minimum atomic E-state index is 0.559. The smallest absolute Gasteiger partial charge is 0.204 e. The van der Waals surface area contributed by atoms with Crippen LogP contribution in [0, 0.1) is 0 Å². The van der Waals surface area contributed by atoms with Gasteiger partial charge in [-0.25, -0.2) is 9.97 Å². The summed E-state index contributed by atoms with van der Waals surface area (Å²) >= 11 is 1.72. The maximum absolute atomic E-state index is 5.52. The molecule has 1 aliphatic carbocycles. The fraction of sp³-hybridized carbons (Fsp3) is 0.429. The van der Waals surface area contributed by atoms with Gasteiger partial charge in [-0.15, -0.1) is 0 Å². The lowest BCUT2D eigenvalue weighted by Gasteiger charge is -2.25. The van der Waals surface area contributed by atoms with Crippen LogP contribution in [0.25, 0.3) is 0 Å². The highest BCUT2D eigenvalue weighted by molar-refractivity contribution is 7.07. The van der Waals surface area contributed by atoms with Gasteiger partial charge in [0.2, 0.25) is 5.75 Å². The molecule has 0 radical (unpaired) electrons. The van der Waals surface area contributed by atoms with Crippen LogP contribution in [0.5, 0.6) is 5.75 Å². The second-order valence-corrected chi connectivity index (χ2v) is 5.60. The Balaban J connectivity index is 1.95. The Hall–Kier alpha value is -1.82. The maximum atomic E-state index is 5.52. The largest absolute Gasteiger partial charge is 0.490 e. The van der Waals surface area contributed by atoms with Crippen molar-refractivity contribution < 1.29 is 4.74 Å². The highest BCUT2D eigenvalue weighted by atomic mass is 32.1. The van der Waals surface area contributed by atoms with Crippen LogP contribution in [0.15, 0.2) is 23.2 Å². The van der Waals surface area contributed by atoms with Crippen LogP contribution in [0.2, 0.25) is 0 Å². The summed E-state index contributed by atoms with van der Waals surface area (Å²) in [5, 5.41) is 7.35. The zero-order chi connectivity index (χ0) is 13.9. The Morgan fingerprint density at radius 3 is 2.90 bits per heavy atom. The number of nitrogens with one attached hydrogen (secondary N) is 1. The standard InChI is InChI=1S/C14H18N4OS/c1-15-13-12(19-2)14(17-9-16-13)18(11-3-4-11)7-10-5-6-20-8-10/h5-6,8-9,11H,3-4,7H2,1-2H3,(H,15,16,17). The molecule has 1 aliphatic rings. The van der Waals surface area contributed by atoms with Gasteiger partial charge in [-0.1, -0.05) is 0 Å². The molecule has 0 spiro atoms. The Morgan fingerprint density at radius 1 is 1.45 bits per heavy atom. The highest BCUT2D eigenvalue weighted by Gasteiger charge is 2.32. The lowest BCUT2D eigenvalue weighted by molar-refractivity contribution is 0.412. The molecular formula is C14H18N4OS. The van der Waals surface area contributed by atoms with Crippen molar-refractivity contribution in [3.8, 4) is 5.75 Å². The number of thiophene rings is 1. The molecule has 2 heterocycles. The van der Waals surface area contributed by atoms with E-state index in [0.717, 1.165) is 23.9 Å². The van der Waals surface area contributed by atoms with Gasteiger partial charge in [0.25, 0.3) is 0 Å². The highest BCUT2D eigenvalue weighted by Crippen LogP contribution is 2.39. The Kier molecular flexibility index (Phi) is 3.73. The molecule has 2 aromatic rings. The summed E-state index contributed by atoms with van der Waals surface area (Å²) in [4.78, 5) is 11.0. The van der Waals surface area contributed by atoms with E-state index in [-0.39, 0.29) is 0 Å². The van der Waals surface area contributed by atoms with Gasteiger partial charge in [0, 0.05) is 19.6 Å². The fourth-order valence-electron chi connectivity index (χ4n) is 2.28. The van der Waals surface area contributed by atoms with E-state index in [1.807, 2.05) is 7.05 Å². The van der Waals surface area contributed by atoms with Crippen LogP contribution >= 0.6 is 11.3 Å². The van der Waals surface area contributed by atoms with E-state index in [4.69, 9.17) is 4.74 Å². The molecule has 2 aromatic heterocycles. The van der Waals surface area contributed by atoms with Crippen LogP contribution < -0.4 is 15.0 Å². The molecule has 0 bridgehead atoms. The number of hydrogen-bond acceptors (Lipinski definition) is 6. The first-order valence-electron chi connectivity index (χ1n) is 6.68. The minimum absolute atomic E-state index is 0.559. The van der Waals surface area contributed by atoms with Crippen molar-refractivity contribution in [1.82, 2.24) is 9.97 Å². The first kappa shape index (κ1) is 13.2. The molecule has 0 atom stereocenters. The van der Waals surface area contributed by atoms with E-state index in [9.17, 15) is 0 Å². The van der Waals surface area contributed by atoms with Crippen molar-refractivity contribution in [3.05, 3.63) is 28.7 Å². The van der Waals surface area contributed by atoms with Gasteiger partial charge in [-0.05, 0) is 35.2 Å². The summed E-state index contributed by atoms with van der Waals surface area (Å²) in [6.07, 6.45) is 4.02. The number of nitrogens with zero attached hydrogens (tertiary/aromatic N) is 3. The van der Waals surface area contributed by atoms with Crippen LogP contribution in [0.1, 0.15) is 18.4 Å². The van der Waals surface area contributed by atoms with Gasteiger partial charge >= 0.3 is 0 Å². The van der Waals surface area contributed by atoms with Crippen LogP contribution in [0.4, 0.5) is 11.6 Å². The van der Waals surface area contributed by atoms with Crippen LogP contribution in [-0.4, -0.2) is 30.2 Å². The van der Waals surface area contributed by atoms with E-state index in [1.54, 1.807) is 24.8 Å². The number of anilines is 2. The first-order valence-corrected chi connectivity index (χ1v) is 7.62. The summed E-state index contributed by atoms with van der Waals surface area (Å²) in [5.41, 5.74) is 1.31. The van der Waals surface area contributed by atoms with E-state index in [0.29, 0.717) is 6.04 Å². The summed E-state index contributed by atoms with van der Waals surface area (Å²) in [5.74, 6) is 2.33. The van der Waals surface area contributed by atoms with Gasteiger partial charge in [-0.3, -0.25) is 0 Å². The molecule has 0 aliphatic heterocycles. The third-order valence-corrected chi connectivity index (χ3v) is 4.15. The SMILES string of the molecule is CNc1ncnc(N(Cc2ccsc2)C2CC2)c1OC. The van der Waals surface area contributed by atoms with Crippen LogP contribution in [0.3, 0.4) is 0 Å². The van der Waals surface area contributed by atoms with Crippen LogP contribution in [-0.2, 0) is 6.54 Å². The quantitative estimate of drug-likeness (QED) is 0.886. The van der Waals surface area contributed by atoms with Crippen molar-refractivity contribution in [2.75, 3.05) is 24.4 Å². The van der Waals surface area contributed by atoms with Gasteiger partial charge in [0.05, 0.1) is 7.11 Å². The molecule has 0 aromatic carbocycles. The van der Waals surface area contributed by atoms with Crippen molar-refractivity contribution in [2.45, 2.75) is 25.4 Å². The predicted octanol–water partition coefficient (Wildman–Crippen LogP) is 2.76. The third kappa shape index (κ3) is 2.56. The van der Waals surface area contributed by atoms with E-state index >= 15 is 0 Å². The number of rotatable bonds is 6. The van der Waals surface area contributed by atoms with Crippen molar-refractivity contribution in [1.29, 1.82) is 0 Å². The molecule has 1 saturated carbocycles. The van der Waals surface area contributed by atoms with Gasteiger partial charge in [0.1, 0.15) is 6.33 Å². The fourth-order valence-corrected chi connectivity index (χ4v) is 2.94. The van der Waals surface area contributed by atoms with E-state index < -0.39 is 0 Å². The zero-order valence-electron chi connectivity index (χ0n) is 11.7. The van der Waals surface area contributed by atoms with Crippen molar-refractivity contribution in [3.63, 3.8) is 0 Å². The second kappa shape index (κ2) is 5.66. The number of methoxy groups -OCH3 is 1. The minimum Gasteiger partial charge on any atom is -0.490 e. The first-order chi connectivity index (χ1) is 9.83. The lowest BCUT2D eigenvalue weighted by Crippen LogP contribution is -2.26. The third-order valence-electron chi connectivity index (χ3n) is 3.42. The molecule has 6 heteroatoms. The molecule has 0 unspecified atom stereocenters. The molecule has 0 saturated heterocycles. The second-order valence-electron chi connectivity index (χ2n) is 4.82. The predicted molar refractivity (Wildman–Crippen MR) is 81.7 cm³/mol. The Bertz CT molecular complexity index is 569. The van der Waals surface area contributed by atoms with Crippen molar-refractivity contribution in [2.24, 2.45) is 0 Å². The zero-order valence-corrected chi connectivity index (χ0v) is 12.5. The number of ether oxygens (including phenoxy) is 1. The summed E-state index contributed by atoms with van der Waals surface area (Å²) < 4.78 is 5.52. The molecule has 1 N–H and O–H groups in total. The lowest BCUT2D eigenvalue weighted by atomic mass is 10.3. The molecule has 0 amide bonds. The molecule has 20 heavy (non-hydrogen) atoms. The van der Waals surface area contributed by atoms with Gasteiger partial charge < -0.3 is 15.0 Å². The Morgan fingerprint density at radius 2 is 2.30 bits per heavy atom. The summed E-state index contributed by atoms with van der Waals surface area (Å²) in [6, 6.07) is 2.72. The van der Waals surface area contributed by atoms with Gasteiger partial charge in [-0.2, -0.15) is 11.3 Å².